The lowest BCUT2D eigenvalue weighted by molar-refractivity contribution is -0.115. The maximum absolute atomic E-state index is 12.1. The van der Waals surface area contributed by atoms with Crippen LogP contribution in [0.5, 0.6) is 0 Å². The molecule has 2 N–H and O–H groups in total. The van der Waals surface area contributed by atoms with Crippen molar-refractivity contribution in [2.45, 2.75) is 0 Å². The number of benzene rings is 1. The Morgan fingerprint density at radius 2 is 1.92 bits per heavy atom. The Balaban J connectivity index is 2.00. The van der Waals surface area contributed by atoms with Crippen LogP contribution in [0.3, 0.4) is 0 Å². The van der Waals surface area contributed by atoms with Crippen molar-refractivity contribution in [2.75, 3.05) is 19.4 Å². The van der Waals surface area contributed by atoms with E-state index in [1.165, 1.54) is 22.3 Å². The first-order valence-corrected chi connectivity index (χ1v) is 8.40. The third kappa shape index (κ3) is 5.00. The average Bonchev–Trinajstić information content (AvgIpc) is 3.06. The van der Waals surface area contributed by atoms with E-state index in [4.69, 9.17) is 12.2 Å². The van der Waals surface area contributed by atoms with Crippen LogP contribution in [0.25, 0.3) is 6.08 Å². The van der Waals surface area contributed by atoms with E-state index in [0.29, 0.717) is 11.3 Å². The summed E-state index contributed by atoms with van der Waals surface area (Å²) in [4.78, 5) is 26.5. The first-order valence-electron chi connectivity index (χ1n) is 7.11. The predicted molar refractivity (Wildman–Crippen MR) is 102 cm³/mol. The van der Waals surface area contributed by atoms with E-state index >= 15 is 0 Å². The van der Waals surface area contributed by atoms with Gasteiger partial charge in [0.2, 0.25) is 5.91 Å². The molecule has 0 saturated heterocycles. The van der Waals surface area contributed by atoms with Crippen molar-refractivity contribution in [3.63, 3.8) is 0 Å². The molecular weight excluding hydrogens is 342 g/mol. The fourth-order valence-electron chi connectivity index (χ4n) is 1.87. The summed E-state index contributed by atoms with van der Waals surface area (Å²) < 4.78 is 0. The third-order valence-electron chi connectivity index (χ3n) is 2.99. The maximum Gasteiger partial charge on any atom is 0.255 e. The molecule has 2 rings (SSSR count). The quantitative estimate of drug-likeness (QED) is 0.651. The summed E-state index contributed by atoms with van der Waals surface area (Å²) in [5.41, 5.74) is 1.02. The molecule has 0 bridgehead atoms. The topological polar surface area (TPSA) is 61.4 Å². The Morgan fingerprint density at radius 1 is 1.17 bits per heavy atom. The predicted octanol–water partition coefficient (Wildman–Crippen LogP) is 2.98. The van der Waals surface area contributed by atoms with Gasteiger partial charge in [-0.05, 0) is 41.9 Å². The smallest absolute Gasteiger partial charge is 0.255 e. The van der Waals surface area contributed by atoms with Crippen LogP contribution in [0.4, 0.5) is 5.69 Å². The summed E-state index contributed by atoms with van der Waals surface area (Å²) >= 11 is 6.68. The molecule has 0 fully saturated rings. The van der Waals surface area contributed by atoms with E-state index in [1.54, 1.807) is 44.4 Å². The van der Waals surface area contributed by atoms with Crippen LogP contribution in [-0.2, 0) is 4.79 Å². The molecule has 7 heteroatoms. The molecule has 5 nitrogen and oxygen atoms in total. The van der Waals surface area contributed by atoms with E-state index < -0.39 is 0 Å². The fourth-order valence-corrected chi connectivity index (χ4v) is 2.70. The number of amides is 2. The standard InChI is InChI=1S/C17H17N3O2S2/c1-20(2)16(22)13-7-3-4-8-14(13)18-17(23)19-15(21)10-9-12-6-5-11-24-12/h3-11H,1-2H3,(H2,18,19,21,23). The summed E-state index contributed by atoms with van der Waals surface area (Å²) in [6, 6.07) is 10.8. The molecule has 1 aromatic heterocycles. The molecule has 1 heterocycles. The Kier molecular flexibility index (Phi) is 6.22. The van der Waals surface area contributed by atoms with Gasteiger partial charge in [-0.3, -0.25) is 14.9 Å². The SMILES string of the molecule is CN(C)C(=O)c1ccccc1NC(=S)NC(=O)C=Cc1cccs1. The number of anilines is 1. The van der Waals surface area contributed by atoms with Gasteiger partial charge < -0.3 is 10.2 Å². The number of nitrogens with one attached hydrogen (secondary N) is 2. The van der Waals surface area contributed by atoms with Gasteiger partial charge in [0.05, 0.1) is 11.3 Å². The zero-order valence-electron chi connectivity index (χ0n) is 13.3. The van der Waals surface area contributed by atoms with Crippen molar-refractivity contribution in [3.8, 4) is 0 Å². The van der Waals surface area contributed by atoms with Crippen LogP contribution >= 0.6 is 23.6 Å². The van der Waals surface area contributed by atoms with E-state index in [-0.39, 0.29) is 16.9 Å². The number of nitrogens with zero attached hydrogens (tertiary/aromatic N) is 1. The lowest BCUT2D eigenvalue weighted by Crippen LogP contribution is -2.33. The summed E-state index contributed by atoms with van der Waals surface area (Å²) in [7, 11) is 3.35. The zero-order chi connectivity index (χ0) is 17.5. The molecule has 0 aliphatic heterocycles. The number of carbonyl (C=O) groups excluding carboxylic acids is 2. The van der Waals surface area contributed by atoms with Crippen molar-refractivity contribution in [1.82, 2.24) is 10.2 Å². The molecule has 124 valence electrons. The van der Waals surface area contributed by atoms with Crippen molar-refractivity contribution < 1.29 is 9.59 Å². The number of hydrogen-bond acceptors (Lipinski definition) is 4. The van der Waals surface area contributed by atoms with E-state index in [9.17, 15) is 9.59 Å². The molecule has 2 amide bonds. The van der Waals surface area contributed by atoms with Crippen LogP contribution < -0.4 is 10.6 Å². The van der Waals surface area contributed by atoms with Crippen molar-refractivity contribution in [1.29, 1.82) is 0 Å². The lowest BCUT2D eigenvalue weighted by Gasteiger charge is -2.15. The Morgan fingerprint density at radius 3 is 2.58 bits per heavy atom. The average molecular weight is 359 g/mol. The Hall–Kier alpha value is -2.51. The number of para-hydroxylation sites is 1. The molecule has 0 saturated carbocycles. The highest BCUT2D eigenvalue weighted by Gasteiger charge is 2.13. The van der Waals surface area contributed by atoms with Gasteiger partial charge in [0.25, 0.3) is 5.91 Å². The molecule has 0 aliphatic carbocycles. The first-order chi connectivity index (χ1) is 11.5. The summed E-state index contributed by atoms with van der Waals surface area (Å²) in [5, 5.41) is 7.52. The van der Waals surface area contributed by atoms with Crippen LogP contribution in [0.2, 0.25) is 0 Å². The maximum atomic E-state index is 12.1. The Labute approximate surface area is 150 Å². The van der Waals surface area contributed by atoms with Gasteiger partial charge in [0.1, 0.15) is 0 Å². The summed E-state index contributed by atoms with van der Waals surface area (Å²) in [6.45, 7) is 0. The van der Waals surface area contributed by atoms with Gasteiger partial charge in [-0.15, -0.1) is 11.3 Å². The van der Waals surface area contributed by atoms with Crippen molar-refractivity contribution in [3.05, 3.63) is 58.3 Å². The number of rotatable bonds is 4. The molecule has 2 aromatic rings. The normalized spacial score (nSPS) is 10.4. The Bertz CT molecular complexity index is 768. The van der Waals surface area contributed by atoms with E-state index in [1.807, 2.05) is 17.5 Å². The second-order valence-electron chi connectivity index (χ2n) is 5.04. The van der Waals surface area contributed by atoms with E-state index in [0.717, 1.165) is 4.88 Å². The molecule has 0 radical (unpaired) electrons. The van der Waals surface area contributed by atoms with Gasteiger partial charge in [-0.2, -0.15) is 0 Å². The molecule has 0 unspecified atom stereocenters. The van der Waals surface area contributed by atoms with E-state index in [2.05, 4.69) is 10.6 Å². The monoisotopic (exact) mass is 359 g/mol. The zero-order valence-corrected chi connectivity index (χ0v) is 14.9. The van der Waals surface area contributed by atoms with Gasteiger partial charge in [0, 0.05) is 25.0 Å². The van der Waals surface area contributed by atoms with Gasteiger partial charge >= 0.3 is 0 Å². The highest BCUT2D eigenvalue weighted by molar-refractivity contribution is 7.80. The summed E-state index contributed by atoms with van der Waals surface area (Å²) in [6.07, 6.45) is 3.13. The van der Waals surface area contributed by atoms with Crippen LogP contribution in [0, 0.1) is 0 Å². The second kappa shape index (κ2) is 8.37. The van der Waals surface area contributed by atoms with Gasteiger partial charge in [-0.25, -0.2) is 0 Å². The molecule has 0 spiro atoms. The highest BCUT2D eigenvalue weighted by Crippen LogP contribution is 2.16. The third-order valence-corrected chi connectivity index (χ3v) is 4.03. The molecule has 0 atom stereocenters. The van der Waals surface area contributed by atoms with Gasteiger partial charge in [-0.1, -0.05) is 18.2 Å². The first kappa shape index (κ1) is 17.8. The second-order valence-corrected chi connectivity index (χ2v) is 6.42. The lowest BCUT2D eigenvalue weighted by atomic mass is 10.1. The van der Waals surface area contributed by atoms with Gasteiger partial charge in [0.15, 0.2) is 5.11 Å². The minimum absolute atomic E-state index is 0.134. The van der Waals surface area contributed by atoms with Crippen molar-refractivity contribution in [2.24, 2.45) is 0 Å². The highest BCUT2D eigenvalue weighted by atomic mass is 32.1. The number of thiocarbonyl (C=S) groups is 1. The number of hydrogen-bond donors (Lipinski definition) is 2. The molecule has 1 aromatic carbocycles. The van der Waals surface area contributed by atoms with Crippen LogP contribution in [0.15, 0.2) is 47.9 Å². The summed E-state index contributed by atoms with van der Waals surface area (Å²) in [5.74, 6) is -0.484. The molecule has 0 aliphatic rings. The van der Waals surface area contributed by atoms with Crippen LogP contribution in [0.1, 0.15) is 15.2 Å². The fraction of sp³-hybridized carbons (Fsp3) is 0.118. The minimum atomic E-state index is -0.336. The number of thiophene rings is 1. The molecule has 24 heavy (non-hydrogen) atoms. The number of carbonyl (C=O) groups is 2. The van der Waals surface area contributed by atoms with Crippen LogP contribution in [-0.4, -0.2) is 35.9 Å². The minimum Gasteiger partial charge on any atom is -0.345 e. The molecular formula is C17H17N3O2S2. The van der Waals surface area contributed by atoms with Crippen molar-refractivity contribution >= 4 is 52.2 Å². The largest absolute Gasteiger partial charge is 0.345 e.